The Morgan fingerprint density at radius 2 is 2.40 bits per heavy atom. The molecule has 2 rings (SSSR count). The minimum atomic E-state index is -0.562. The average Bonchev–Trinajstić information content (AvgIpc) is 2.23. The summed E-state index contributed by atoms with van der Waals surface area (Å²) in [5, 5.41) is 10.5. The number of ether oxygens (including phenoxy) is 1. The fraction of sp³-hybridized carbons (Fsp3) is 0.250. The fourth-order valence-electron chi connectivity index (χ4n) is 1.24. The van der Waals surface area contributed by atoms with Crippen molar-refractivity contribution in [2.24, 2.45) is 0 Å². The molecule has 0 bridgehead atoms. The number of nitrogens with zero attached hydrogens (tertiary/aromatic N) is 3. The maximum absolute atomic E-state index is 11.2. The van der Waals surface area contributed by atoms with Crippen LogP contribution in [0.3, 0.4) is 0 Å². The van der Waals surface area contributed by atoms with Crippen molar-refractivity contribution in [3.8, 4) is 5.75 Å². The van der Waals surface area contributed by atoms with Gasteiger partial charge in [0.15, 0.2) is 18.2 Å². The highest BCUT2D eigenvalue weighted by Gasteiger charge is 2.25. The molecule has 0 aliphatic carbocycles. The molecule has 78 valence electrons. The highest BCUT2D eigenvalue weighted by Crippen LogP contribution is 2.31. The molecule has 7 heteroatoms. The number of aromatic nitrogens is 1. The molecule has 0 unspecified atom stereocenters. The number of amides is 1. The SMILES string of the molecule is CN1C(=O)COc2cc([N+](=O)[O-])cnc21. The first-order valence-electron chi connectivity index (χ1n) is 4.13. The van der Waals surface area contributed by atoms with Gasteiger partial charge in [-0.05, 0) is 0 Å². The number of anilines is 1. The monoisotopic (exact) mass is 209 g/mol. The number of likely N-dealkylation sites (N-methyl/N-ethyl adjacent to an activating group) is 1. The molecule has 0 radical (unpaired) electrons. The zero-order valence-corrected chi connectivity index (χ0v) is 7.84. The van der Waals surface area contributed by atoms with E-state index < -0.39 is 4.92 Å². The second-order valence-electron chi connectivity index (χ2n) is 3.01. The van der Waals surface area contributed by atoms with Crippen molar-refractivity contribution in [1.29, 1.82) is 0 Å². The number of hydrogen-bond acceptors (Lipinski definition) is 5. The standard InChI is InChI=1S/C8H7N3O4/c1-10-7(12)4-15-6-2-5(11(13)14)3-9-8(6)10/h2-3H,4H2,1H3. The number of hydrogen-bond donors (Lipinski definition) is 0. The van der Waals surface area contributed by atoms with Crippen molar-refractivity contribution in [3.05, 3.63) is 22.4 Å². The second-order valence-corrected chi connectivity index (χ2v) is 3.01. The molecule has 1 amide bonds. The Morgan fingerprint density at radius 1 is 1.67 bits per heavy atom. The first-order valence-corrected chi connectivity index (χ1v) is 4.13. The average molecular weight is 209 g/mol. The van der Waals surface area contributed by atoms with E-state index in [4.69, 9.17) is 4.74 Å². The minimum Gasteiger partial charge on any atom is -0.480 e. The third-order valence-corrected chi connectivity index (χ3v) is 2.07. The van der Waals surface area contributed by atoms with Gasteiger partial charge in [0.25, 0.3) is 11.6 Å². The Labute approximate surface area is 84.4 Å². The molecule has 0 spiro atoms. The molecule has 1 aliphatic heterocycles. The van der Waals surface area contributed by atoms with Gasteiger partial charge in [0.2, 0.25) is 0 Å². The second kappa shape index (κ2) is 3.19. The van der Waals surface area contributed by atoms with Gasteiger partial charge in [-0.25, -0.2) is 4.98 Å². The summed E-state index contributed by atoms with van der Waals surface area (Å²) in [5.74, 6) is 0.326. The molecule has 0 saturated carbocycles. The Kier molecular flexibility index (Phi) is 2.00. The van der Waals surface area contributed by atoms with Crippen LogP contribution in [0, 0.1) is 10.1 Å². The number of carbonyl (C=O) groups excluding carboxylic acids is 1. The number of fused-ring (bicyclic) bond motifs is 1. The zero-order chi connectivity index (χ0) is 11.0. The number of nitro groups is 1. The lowest BCUT2D eigenvalue weighted by molar-refractivity contribution is -0.385. The summed E-state index contributed by atoms with van der Waals surface area (Å²) >= 11 is 0. The van der Waals surface area contributed by atoms with Gasteiger partial charge >= 0.3 is 0 Å². The fourth-order valence-corrected chi connectivity index (χ4v) is 1.24. The van der Waals surface area contributed by atoms with Crippen LogP contribution in [0.25, 0.3) is 0 Å². The number of carbonyl (C=O) groups is 1. The van der Waals surface area contributed by atoms with Crippen molar-refractivity contribution in [2.45, 2.75) is 0 Å². The van der Waals surface area contributed by atoms with Gasteiger partial charge in [0, 0.05) is 7.05 Å². The van der Waals surface area contributed by atoms with E-state index in [2.05, 4.69) is 4.98 Å². The molecule has 0 aromatic carbocycles. The van der Waals surface area contributed by atoms with Gasteiger partial charge < -0.3 is 4.74 Å². The molecule has 0 saturated heterocycles. The molecular formula is C8H7N3O4. The molecule has 0 N–H and O–H groups in total. The van der Waals surface area contributed by atoms with Gasteiger partial charge in [-0.15, -0.1) is 0 Å². The minimum absolute atomic E-state index is 0.119. The van der Waals surface area contributed by atoms with Crippen LogP contribution < -0.4 is 9.64 Å². The summed E-state index contributed by atoms with van der Waals surface area (Å²) in [4.78, 5) is 26.2. The van der Waals surface area contributed by atoms with Crippen molar-refractivity contribution in [2.75, 3.05) is 18.6 Å². The summed E-state index contributed by atoms with van der Waals surface area (Å²) in [6.07, 6.45) is 1.09. The molecule has 7 nitrogen and oxygen atoms in total. The van der Waals surface area contributed by atoms with E-state index in [9.17, 15) is 14.9 Å². The molecule has 15 heavy (non-hydrogen) atoms. The largest absolute Gasteiger partial charge is 0.480 e. The van der Waals surface area contributed by atoms with Crippen LogP contribution in [-0.2, 0) is 4.79 Å². The predicted octanol–water partition coefficient (Wildman–Crippen LogP) is 0.345. The summed E-state index contributed by atoms with van der Waals surface area (Å²) in [5.41, 5.74) is -0.156. The van der Waals surface area contributed by atoms with Crippen LogP contribution in [0.4, 0.5) is 11.5 Å². The van der Waals surface area contributed by atoms with E-state index in [0.29, 0.717) is 5.82 Å². The van der Waals surface area contributed by atoms with Gasteiger partial charge in [0.05, 0.1) is 11.0 Å². The van der Waals surface area contributed by atoms with Gasteiger partial charge in [-0.2, -0.15) is 0 Å². The van der Waals surface area contributed by atoms with E-state index in [1.54, 1.807) is 7.05 Å². The highest BCUT2D eigenvalue weighted by molar-refractivity contribution is 5.96. The number of pyridine rings is 1. The van der Waals surface area contributed by atoms with E-state index in [-0.39, 0.29) is 24.0 Å². The topological polar surface area (TPSA) is 85.6 Å². The Bertz CT molecular complexity index is 446. The van der Waals surface area contributed by atoms with E-state index in [1.165, 1.54) is 11.0 Å². The van der Waals surface area contributed by atoms with Gasteiger partial charge in [0.1, 0.15) is 6.20 Å². The van der Waals surface area contributed by atoms with Crippen LogP contribution >= 0.6 is 0 Å². The normalized spacial score (nSPS) is 14.5. The van der Waals surface area contributed by atoms with Crippen LogP contribution in [0.5, 0.6) is 5.75 Å². The molecular weight excluding hydrogens is 202 g/mol. The van der Waals surface area contributed by atoms with Gasteiger partial charge in [-0.1, -0.05) is 0 Å². The zero-order valence-electron chi connectivity index (χ0n) is 7.84. The van der Waals surface area contributed by atoms with Crippen LogP contribution in [-0.4, -0.2) is 29.5 Å². The summed E-state index contributed by atoms with van der Waals surface area (Å²) < 4.78 is 5.04. The molecule has 0 atom stereocenters. The van der Waals surface area contributed by atoms with Crippen LogP contribution in [0.15, 0.2) is 12.3 Å². The molecule has 1 aromatic rings. The quantitative estimate of drug-likeness (QED) is 0.492. The van der Waals surface area contributed by atoms with Crippen molar-refractivity contribution < 1.29 is 14.5 Å². The van der Waals surface area contributed by atoms with Crippen molar-refractivity contribution >= 4 is 17.4 Å². The third kappa shape index (κ3) is 1.47. The van der Waals surface area contributed by atoms with Gasteiger partial charge in [-0.3, -0.25) is 19.8 Å². The maximum Gasteiger partial charge on any atom is 0.291 e. The number of rotatable bonds is 1. The van der Waals surface area contributed by atoms with E-state index in [0.717, 1.165) is 6.20 Å². The summed E-state index contributed by atoms with van der Waals surface area (Å²) in [6.45, 7) is -0.119. The lowest BCUT2D eigenvalue weighted by Crippen LogP contribution is -2.36. The predicted molar refractivity (Wildman–Crippen MR) is 49.8 cm³/mol. The lowest BCUT2D eigenvalue weighted by atomic mass is 10.3. The first kappa shape index (κ1) is 9.38. The maximum atomic E-state index is 11.2. The molecule has 2 heterocycles. The van der Waals surface area contributed by atoms with Crippen molar-refractivity contribution in [1.82, 2.24) is 4.98 Å². The van der Waals surface area contributed by atoms with Crippen LogP contribution in [0.1, 0.15) is 0 Å². The molecule has 1 aliphatic rings. The Hall–Kier alpha value is -2.18. The van der Waals surface area contributed by atoms with Crippen LogP contribution in [0.2, 0.25) is 0 Å². The van der Waals surface area contributed by atoms with Crippen molar-refractivity contribution in [3.63, 3.8) is 0 Å². The Morgan fingerprint density at radius 3 is 3.07 bits per heavy atom. The van der Waals surface area contributed by atoms with E-state index in [1.807, 2.05) is 0 Å². The summed E-state index contributed by atoms with van der Waals surface area (Å²) in [7, 11) is 1.54. The highest BCUT2D eigenvalue weighted by atomic mass is 16.6. The summed E-state index contributed by atoms with van der Waals surface area (Å²) in [6, 6.07) is 1.26. The smallest absolute Gasteiger partial charge is 0.291 e. The third-order valence-electron chi connectivity index (χ3n) is 2.07. The molecule has 1 aromatic heterocycles. The Balaban J connectivity index is 2.47. The van der Waals surface area contributed by atoms with E-state index >= 15 is 0 Å². The lowest BCUT2D eigenvalue weighted by Gasteiger charge is -2.23. The first-order chi connectivity index (χ1) is 7.09. The molecule has 0 fully saturated rings.